The molecule has 1 amide bonds. The summed E-state index contributed by atoms with van der Waals surface area (Å²) in [7, 11) is 0. The molecule has 38 heavy (non-hydrogen) atoms. The van der Waals surface area contributed by atoms with Crippen LogP contribution in [0.5, 0.6) is 0 Å². The lowest BCUT2D eigenvalue weighted by Crippen LogP contribution is -2.33. The molecule has 8 nitrogen and oxygen atoms in total. The highest BCUT2D eigenvalue weighted by atomic mass is 32.2. The number of aliphatic imine (C=N–C) groups is 1. The molecule has 1 aliphatic rings. The molecule has 1 aliphatic heterocycles. The number of carbonyl (C=O) groups excluding carboxylic acids is 1. The summed E-state index contributed by atoms with van der Waals surface area (Å²) < 4.78 is 0. The largest absolute Gasteiger partial charge is 0.323 e. The highest BCUT2D eigenvalue weighted by molar-refractivity contribution is 7.99. The Balaban J connectivity index is 1.39. The zero-order valence-electron chi connectivity index (χ0n) is 19.8. The number of nitro benzene ring substituents is 1. The van der Waals surface area contributed by atoms with E-state index < -0.39 is 4.92 Å². The van der Waals surface area contributed by atoms with Crippen LogP contribution in [0.15, 0.2) is 124 Å². The minimum absolute atomic E-state index is 0.0598. The van der Waals surface area contributed by atoms with Gasteiger partial charge >= 0.3 is 0 Å². The van der Waals surface area contributed by atoms with Crippen LogP contribution >= 0.6 is 11.8 Å². The van der Waals surface area contributed by atoms with Gasteiger partial charge in [0.1, 0.15) is 5.70 Å². The van der Waals surface area contributed by atoms with Gasteiger partial charge < -0.3 is 4.98 Å². The number of imidazole rings is 1. The lowest BCUT2D eigenvalue weighted by Gasteiger charge is -2.15. The average Bonchev–Trinajstić information content (AvgIpc) is 3.50. The summed E-state index contributed by atoms with van der Waals surface area (Å²) in [6, 6.07) is 31.4. The number of benzene rings is 4. The van der Waals surface area contributed by atoms with Crippen molar-refractivity contribution in [2.75, 3.05) is 4.90 Å². The monoisotopic (exact) mass is 517 g/mol. The van der Waals surface area contributed by atoms with Crippen LogP contribution in [0.3, 0.4) is 0 Å². The molecule has 0 atom stereocenters. The Bertz CT molecular complexity index is 1750. The molecule has 0 saturated carbocycles. The Kier molecular flexibility index (Phi) is 6.03. The zero-order chi connectivity index (χ0) is 26.1. The summed E-state index contributed by atoms with van der Waals surface area (Å²) in [6.07, 6.45) is 1.55. The number of aromatic nitrogens is 2. The van der Waals surface area contributed by atoms with Crippen molar-refractivity contribution in [2.24, 2.45) is 4.99 Å². The molecule has 1 aromatic heterocycles. The SMILES string of the molecule is O=C1/C(=C/c2cccc([N+](=O)[O-])c2)N=C(c2ccccc2)N1c1nc2ccc(Sc3ccccc3)cc2[nH]1. The molecule has 6 rings (SSSR count). The fourth-order valence-electron chi connectivity index (χ4n) is 4.15. The number of carbonyl (C=O) groups is 1. The highest BCUT2D eigenvalue weighted by Gasteiger charge is 2.34. The third-order valence-electron chi connectivity index (χ3n) is 5.91. The molecule has 0 aliphatic carbocycles. The van der Waals surface area contributed by atoms with E-state index in [1.807, 2.05) is 78.9 Å². The second kappa shape index (κ2) is 9.79. The molecule has 0 saturated heterocycles. The molecule has 0 unspecified atom stereocenters. The van der Waals surface area contributed by atoms with Gasteiger partial charge in [-0.1, -0.05) is 72.4 Å². The topological polar surface area (TPSA) is 104 Å². The number of nitrogens with zero attached hydrogens (tertiary/aromatic N) is 4. The third-order valence-corrected chi connectivity index (χ3v) is 6.91. The van der Waals surface area contributed by atoms with Crippen LogP contribution in [0.2, 0.25) is 0 Å². The number of fused-ring (bicyclic) bond motifs is 1. The molecule has 184 valence electrons. The lowest BCUT2D eigenvalue weighted by atomic mass is 10.1. The van der Waals surface area contributed by atoms with E-state index in [1.165, 1.54) is 17.0 Å². The van der Waals surface area contributed by atoms with E-state index in [1.54, 1.807) is 30.0 Å². The van der Waals surface area contributed by atoms with Gasteiger partial charge in [-0.2, -0.15) is 0 Å². The van der Waals surface area contributed by atoms with Gasteiger partial charge in [0.2, 0.25) is 5.95 Å². The van der Waals surface area contributed by atoms with E-state index in [0.717, 1.165) is 20.9 Å². The van der Waals surface area contributed by atoms with Gasteiger partial charge in [0.15, 0.2) is 5.84 Å². The molecule has 1 N–H and O–H groups in total. The van der Waals surface area contributed by atoms with Crippen LogP contribution in [-0.2, 0) is 4.79 Å². The minimum Gasteiger partial charge on any atom is -0.323 e. The first-order valence-corrected chi connectivity index (χ1v) is 12.5. The van der Waals surface area contributed by atoms with Crippen molar-refractivity contribution in [3.05, 3.63) is 130 Å². The Morgan fingerprint density at radius 2 is 1.63 bits per heavy atom. The van der Waals surface area contributed by atoms with Crippen molar-refractivity contribution in [3.8, 4) is 0 Å². The first kappa shape index (κ1) is 23.4. The van der Waals surface area contributed by atoms with Crippen LogP contribution < -0.4 is 4.90 Å². The van der Waals surface area contributed by atoms with Crippen molar-refractivity contribution in [2.45, 2.75) is 9.79 Å². The maximum absolute atomic E-state index is 13.6. The Morgan fingerprint density at radius 1 is 0.868 bits per heavy atom. The summed E-state index contributed by atoms with van der Waals surface area (Å²) in [6.45, 7) is 0. The van der Waals surface area contributed by atoms with Gasteiger partial charge in [0, 0.05) is 27.5 Å². The quantitative estimate of drug-likeness (QED) is 0.158. The molecule has 0 radical (unpaired) electrons. The molecule has 5 aromatic rings. The van der Waals surface area contributed by atoms with E-state index in [2.05, 4.69) is 9.98 Å². The van der Waals surface area contributed by atoms with Crippen molar-refractivity contribution in [1.82, 2.24) is 9.97 Å². The van der Waals surface area contributed by atoms with Gasteiger partial charge in [-0.05, 0) is 42.0 Å². The molecule has 0 fully saturated rings. The second-order valence-electron chi connectivity index (χ2n) is 8.48. The van der Waals surface area contributed by atoms with E-state index >= 15 is 0 Å². The maximum atomic E-state index is 13.6. The van der Waals surface area contributed by atoms with Crippen molar-refractivity contribution in [3.63, 3.8) is 0 Å². The van der Waals surface area contributed by atoms with Crippen molar-refractivity contribution >= 4 is 52.2 Å². The van der Waals surface area contributed by atoms with Crippen LogP contribution in [0.4, 0.5) is 11.6 Å². The Morgan fingerprint density at radius 3 is 2.39 bits per heavy atom. The molecule has 4 aromatic carbocycles. The number of H-pyrrole nitrogens is 1. The molecule has 0 spiro atoms. The number of aromatic amines is 1. The van der Waals surface area contributed by atoms with E-state index in [9.17, 15) is 14.9 Å². The number of hydrogen-bond donors (Lipinski definition) is 1. The minimum atomic E-state index is -0.470. The number of amides is 1. The number of rotatable bonds is 6. The van der Waals surface area contributed by atoms with Crippen LogP contribution in [0.1, 0.15) is 11.1 Å². The predicted molar refractivity (Wildman–Crippen MR) is 148 cm³/mol. The summed E-state index contributed by atoms with van der Waals surface area (Å²) >= 11 is 1.64. The van der Waals surface area contributed by atoms with E-state index in [4.69, 9.17) is 4.98 Å². The first-order chi connectivity index (χ1) is 18.5. The van der Waals surface area contributed by atoms with Gasteiger partial charge in [-0.25, -0.2) is 14.9 Å². The van der Waals surface area contributed by atoms with Crippen LogP contribution in [-0.4, -0.2) is 26.6 Å². The summed E-state index contributed by atoms with van der Waals surface area (Å²) in [5.41, 5.74) is 2.85. The number of non-ortho nitro benzene ring substituents is 1. The van der Waals surface area contributed by atoms with Crippen LogP contribution in [0.25, 0.3) is 17.1 Å². The number of hydrogen-bond acceptors (Lipinski definition) is 6. The first-order valence-electron chi connectivity index (χ1n) is 11.7. The second-order valence-corrected chi connectivity index (χ2v) is 9.63. The van der Waals surface area contributed by atoms with Gasteiger partial charge in [-0.3, -0.25) is 14.9 Å². The summed E-state index contributed by atoms with van der Waals surface area (Å²) in [5.74, 6) is 0.385. The third kappa shape index (κ3) is 4.58. The average molecular weight is 518 g/mol. The molecule has 0 bridgehead atoms. The molecule has 2 heterocycles. The van der Waals surface area contributed by atoms with Gasteiger partial charge in [0.05, 0.1) is 16.0 Å². The molecular formula is C29H19N5O3S. The summed E-state index contributed by atoms with van der Waals surface area (Å²) in [4.78, 5) is 40.6. The number of anilines is 1. The fraction of sp³-hybridized carbons (Fsp3) is 0. The predicted octanol–water partition coefficient (Wildman–Crippen LogP) is 6.46. The zero-order valence-corrected chi connectivity index (χ0v) is 20.6. The van der Waals surface area contributed by atoms with Crippen molar-refractivity contribution in [1.29, 1.82) is 0 Å². The Labute approximate surface area is 221 Å². The number of amidine groups is 1. The standard InChI is InChI=1S/C29H19N5O3S/c35-28-26(17-19-8-7-11-21(16-19)34(36)37)30-27(20-9-3-1-4-10-20)33(28)29-31-24-15-14-23(18-25(24)32-29)38-22-12-5-2-6-13-22/h1-18H,(H,31,32)/b26-17-. The smallest absolute Gasteiger partial charge is 0.285 e. The van der Waals surface area contributed by atoms with Gasteiger partial charge in [0.25, 0.3) is 11.6 Å². The number of nitrogens with one attached hydrogen (secondary N) is 1. The number of nitro groups is 1. The Hall–Kier alpha value is -5.02. The molecular weight excluding hydrogens is 498 g/mol. The van der Waals surface area contributed by atoms with Crippen molar-refractivity contribution < 1.29 is 9.72 Å². The highest BCUT2D eigenvalue weighted by Crippen LogP contribution is 2.32. The van der Waals surface area contributed by atoms with E-state index in [-0.39, 0.29) is 17.3 Å². The van der Waals surface area contributed by atoms with Gasteiger partial charge in [-0.15, -0.1) is 0 Å². The normalized spacial score (nSPS) is 14.3. The maximum Gasteiger partial charge on any atom is 0.285 e. The van der Waals surface area contributed by atoms with Crippen LogP contribution in [0, 0.1) is 10.1 Å². The lowest BCUT2D eigenvalue weighted by molar-refractivity contribution is -0.384. The van der Waals surface area contributed by atoms with E-state index in [0.29, 0.717) is 22.9 Å². The fourth-order valence-corrected chi connectivity index (χ4v) is 5.03. The summed E-state index contributed by atoms with van der Waals surface area (Å²) in [5, 5.41) is 11.2. The molecule has 9 heteroatoms.